The third-order valence-electron chi connectivity index (χ3n) is 9.22. The van der Waals surface area contributed by atoms with Gasteiger partial charge in [-0.15, -0.1) is 0 Å². The van der Waals surface area contributed by atoms with Gasteiger partial charge in [-0.2, -0.15) is 0 Å². The normalized spacial score (nSPS) is 17.2. The van der Waals surface area contributed by atoms with E-state index in [2.05, 4.69) is 109 Å². The SMILES string of the molecule is C=N/C=C(\NCC(C(C)C)C1CCC(F)(F)CC1)c1ccc(-c2ccc(-c3cnc(C(NC(=O)C(C)(C)C)C(C)C)[nH]3)cc2)cc1. The van der Waals surface area contributed by atoms with Crippen LogP contribution in [0.4, 0.5) is 8.78 Å². The average molecular weight is 632 g/mol. The van der Waals surface area contributed by atoms with Gasteiger partial charge >= 0.3 is 0 Å². The number of rotatable bonds is 12. The molecular weight excluding hydrogens is 580 g/mol. The van der Waals surface area contributed by atoms with Crippen molar-refractivity contribution in [3.05, 3.63) is 72.3 Å². The van der Waals surface area contributed by atoms with Gasteiger partial charge in [-0.25, -0.2) is 13.8 Å². The Bertz CT molecular complexity index is 1470. The van der Waals surface area contributed by atoms with E-state index in [9.17, 15) is 13.6 Å². The Balaban J connectivity index is 1.43. The van der Waals surface area contributed by atoms with Crippen molar-refractivity contribution in [2.75, 3.05) is 6.54 Å². The molecule has 2 aromatic carbocycles. The zero-order chi connectivity index (χ0) is 33.6. The zero-order valence-electron chi connectivity index (χ0n) is 28.5. The quantitative estimate of drug-likeness (QED) is 0.174. The molecule has 1 fully saturated rings. The molecule has 0 spiro atoms. The lowest BCUT2D eigenvalue weighted by Gasteiger charge is -2.36. The fourth-order valence-electron chi connectivity index (χ4n) is 6.21. The molecule has 1 aliphatic carbocycles. The Kier molecular flexibility index (Phi) is 11.2. The molecule has 46 heavy (non-hydrogen) atoms. The van der Waals surface area contributed by atoms with E-state index in [0.717, 1.165) is 39.5 Å². The number of aliphatic imine (C=N–C) groups is 1. The number of H-pyrrole nitrogens is 1. The lowest BCUT2D eigenvalue weighted by molar-refractivity contribution is -0.129. The molecule has 6 nitrogen and oxygen atoms in total. The van der Waals surface area contributed by atoms with E-state index in [4.69, 9.17) is 0 Å². The van der Waals surface area contributed by atoms with Gasteiger partial charge in [0.25, 0.3) is 0 Å². The molecule has 0 saturated heterocycles. The van der Waals surface area contributed by atoms with Crippen molar-refractivity contribution in [3.8, 4) is 22.4 Å². The summed E-state index contributed by atoms with van der Waals surface area (Å²) >= 11 is 0. The summed E-state index contributed by atoms with van der Waals surface area (Å²) in [6.45, 7) is 18.6. The molecule has 4 rings (SSSR count). The van der Waals surface area contributed by atoms with Crippen molar-refractivity contribution in [2.45, 2.75) is 86.1 Å². The van der Waals surface area contributed by atoms with Crippen LogP contribution in [-0.2, 0) is 4.79 Å². The highest BCUT2D eigenvalue weighted by Crippen LogP contribution is 2.41. The number of carbonyl (C=O) groups is 1. The molecule has 248 valence electrons. The summed E-state index contributed by atoms with van der Waals surface area (Å²) in [6.07, 6.45) is 4.66. The first kappa shape index (κ1) is 35.1. The number of nitrogens with zero attached hydrogens (tertiary/aromatic N) is 2. The standard InChI is InChI=1S/C38H51F2N5O/c1-24(2)31(28-17-19-38(39,40)20-18-28)21-42-32(22-41-8)29-13-9-26(10-14-29)27-11-15-30(16-12-27)33-23-43-35(44-33)34(25(3)4)45-36(46)37(5,6)7/h9-16,22-25,28,31,34,42H,8,17-21H2,1-7H3,(H,43,44)(H,45,46)/b32-22-. The zero-order valence-corrected chi connectivity index (χ0v) is 28.5. The van der Waals surface area contributed by atoms with Crippen LogP contribution in [0.15, 0.2) is 65.9 Å². The molecule has 3 N–H and O–H groups in total. The lowest BCUT2D eigenvalue weighted by Crippen LogP contribution is -2.39. The number of hydrogen-bond donors (Lipinski definition) is 3. The molecule has 0 radical (unpaired) electrons. The average Bonchev–Trinajstić information content (AvgIpc) is 3.49. The van der Waals surface area contributed by atoms with E-state index < -0.39 is 11.3 Å². The van der Waals surface area contributed by atoms with Gasteiger partial charge in [-0.05, 0) is 65.5 Å². The Morgan fingerprint density at radius 3 is 2.09 bits per heavy atom. The van der Waals surface area contributed by atoms with Gasteiger partial charge in [0.05, 0.1) is 23.6 Å². The van der Waals surface area contributed by atoms with E-state index in [-0.39, 0.29) is 36.6 Å². The molecule has 1 aromatic heterocycles. The van der Waals surface area contributed by atoms with Gasteiger partial charge < -0.3 is 15.6 Å². The maximum Gasteiger partial charge on any atom is 0.248 e. The maximum absolute atomic E-state index is 13.8. The minimum absolute atomic E-state index is 0.00688. The number of aromatic amines is 1. The molecule has 1 aliphatic rings. The number of imidazole rings is 1. The molecule has 2 unspecified atom stereocenters. The minimum atomic E-state index is -2.52. The summed E-state index contributed by atoms with van der Waals surface area (Å²) in [6, 6.07) is 16.4. The first-order chi connectivity index (χ1) is 21.7. The number of amides is 1. The van der Waals surface area contributed by atoms with Crippen molar-refractivity contribution < 1.29 is 13.6 Å². The molecule has 3 aromatic rings. The van der Waals surface area contributed by atoms with Crippen LogP contribution in [0.3, 0.4) is 0 Å². The topological polar surface area (TPSA) is 82.2 Å². The number of carbonyl (C=O) groups excluding carboxylic acids is 1. The van der Waals surface area contributed by atoms with Gasteiger partial charge in [0, 0.05) is 31.0 Å². The van der Waals surface area contributed by atoms with Crippen molar-refractivity contribution in [1.82, 2.24) is 20.6 Å². The Morgan fingerprint density at radius 1 is 1.00 bits per heavy atom. The van der Waals surface area contributed by atoms with Crippen LogP contribution in [0.5, 0.6) is 0 Å². The Hall–Kier alpha value is -3.81. The summed E-state index contributed by atoms with van der Waals surface area (Å²) < 4.78 is 27.6. The first-order valence-corrected chi connectivity index (χ1v) is 16.5. The molecule has 0 aliphatic heterocycles. The van der Waals surface area contributed by atoms with E-state index in [1.54, 1.807) is 6.20 Å². The van der Waals surface area contributed by atoms with Gasteiger partial charge in [-0.3, -0.25) is 9.79 Å². The predicted octanol–water partition coefficient (Wildman–Crippen LogP) is 9.29. The van der Waals surface area contributed by atoms with Crippen molar-refractivity contribution in [2.24, 2.45) is 34.1 Å². The fourth-order valence-corrected chi connectivity index (χ4v) is 6.21. The summed E-state index contributed by atoms with van der Waals surface area (Å²) in [5.41, 5.74) is 5.46. The molecule has 1 amide bonds. The van der Waals surface area contributed by atoms with Crippen LogP contribution in [0.1, 0.15) is 91.6 Å². The van der Waals surface area contributed by atoms with Crippen molar-refractivity contribution in [1.29, 1.82) is 0 Å². The highest BCUT2D eigenvalue weighted by atomic mass is 19.3. The molecule has 1 saturated carbocycles. The summed E-state index contributed by atoms with van der Waals surface area (Å²) in [5, 5.41) is 6.71. The number of aromatic nitrogens is 2. The van der Waals surface area contributed by atoms with E-state index in [1.807, 2.05) is 27.0 Å². The third kappa shape index (κ3) is 8.92. The van der Waals surface area contributed by atoms with Gasteiger partial charge in [0.2, 0.25) is 11.8 Å². The van der Waals surface area contributed by atoms with Crippen LogP contribution in [0.2, 0.25) is 0 Å². The van der Waals surface area contributed by atoms with Crippen LogP contribution < -0.4 is 10.6 Å². The van der Waals surface area contributed by atoms with Crippen LogP contribution in [-0.4, -0.2) is 35.1 Å². The van der Waals surface area contributed by atoms with Gasteiger partial charge in [0.1, 0.15) is 5.82 Å². The monoisotopic (exact) mass is 631 g/mol. The lowest BCUT2D eigenvalue weighted by atomic mass is 9.74. The van der Waals surface area contributed by atoms with Crippen molar-refractivity contribution >= 4 is 18.3 Å². The number of hydrogen-bond acceptors (Lipinski definition) is 4. The molecule has 0 bridgehead atoms. The van der Waals surface area contributed by atoms with Crippen LogP contribution >= 0.6 is 0 Å². The van der Waals surface area contributed by atoms with Gasteiger partial charge in [-0.1, -0.05) is 97.0 Å². The molecule has 2 atom stereocenters. The van der Waals surface area contributed by atoms with Crippen LogP contribution in [0, 0.1) is 29.1 Å². The molecular formula is C38H51F2N5O. The second-order valence-corrected chi connectivity index (χ2v) is 14.5. The summed E-state index contributed by atoms with van der Waals surface area (Å²) in [5.74, 6) is -0.640. The third-order valence-corrected chi connectivity index (χ3v) is 9.22. The Morgan fingerprint density at radius 2 is 1.57 bits per heavy atom. The summed E-state index contributed by atoms with van der Waals surface area (Å²) in [4.78, 5) is 24.7. The van der Waals surface area contributed by atoms with Gasteiger partial charge in [0.15, 0.2) is 0 Å². The number of benzene rings is 2. The molecule has 8 heteroatoms. The number of halogens is 2. The predicted molar refractivity (Wildman–Crippen MR) is 185 cm³/mol. The fraction of sp³-hybridized carbons (Fsp3) is 0.500. The van der Waals surface area contributed by atoms with E-state index >= 15 is 0 Å². The Labute approximate surface area is 273 Å². The second kappa shape index (κ2) is 14.7. The minimum Gasteiger partial charge on any atom is -0.383 e. The number of alkyl halides is 2. The van der Waals surface area contributed by atoms with E-state index in [1.165, 1.54) is 0 Å². The summed E-state index contributed by atoms with van der Waals surface area (Å²) in [7, 11) is 0. The van der Waals surface area contributed by atoms with Crippen LogP contribution in [0.25, 0.3) is 28.1 Å². The largest absolute Gasteiger partial charge is 0.383 e. The first-order valence-electron chi connectivity index (χ1n) is 16.5. The second-order valence-electron chi connectivity index (χ2n) is 14.5. The van der Waals surface area contributed by atoms with Crippen molar-refractivity contribution in [3.63, 3.8) is 0 Å². The smallest absolute Gasteiger partial charge is 0.248 e. The number of nitrogens with one attached hydrogen (secondary N) is 3. The molecule has 1 heterocycles. The highest BCUT2D eigenvalue weighted by Gasteiger charge is 2.38. The highest BCUT2D eigenvalue weighted by molar-refractivity contribution is 5.81. The maximum atomic E-state index is 13.8. The van der Waals surface area contributed by atoms with E-state index in [0.29, 0.717) is 31.2 Å².